The Morgan fingerprint density at radius 2 is 0.875 bits per heavy atom. The Morgan fingerprint density at radius 3 is 1.39 bits per heavy atom. The Labute approximate surface area is 325 Å². The minimum absolute atomic E-state index is 0.0403. The van der Waals surface area contributed by atoms with Crippen LogP contribution in [0.2, 0.25) is 0 Å². The first-order valence-corrected chi connectivity index (χ1v) is 21.3. The highest BCUT2D eigenvalue weighted by atomic mass is 32.2. The second-order valence-electron chi connectivity index (χ2n) is 14.6. The Bertz CT molecular complexity index is 2880. The summed E-state index contributed by atoms with van der Waals surface area (Å²) in [5, 5.41) is 3.09. The fourth-order valence-corrected chi connectivity index (χ4v) is 8.96. The standard InChI is InChI=1S/C44H43N9O2S/c1-2-3-4-5-6-7-8-9-10-17-27-56(54,55)53-35-26-18-25-34-36(35)44-51-42-33-24-16-15-23-32(33)40(49-42)47-38-29-20-12-11-19-28(29)37(45-38)46-39-30-21-13-14-22-31(30)41(48-39)50-43(34)52-44/h11-16,18-26,53H,2-10,17,27H2,1H3,(H2,45,46,47,48,49,50,51,52). The predicted molar refractivity (Wildman–Crippen MR) is 225 cm³/mol. The molecule has 0 radical (unpaired) electrons. The number of rotatable bonds is 13. The number of hydrogen-bond acceptors (Lipinski definition) is 8. The topological polar surface area (TPSA) is 155 Å². The molecule has 0 aliphatic carbocycles. The lowest BCUT2D eigenvalue weighted by atomic mass is 10.1. The zero-order valence-electron chi connectivity index (χ0n) is 31.3. The van der Waals surface area contributed by atoms with Crippen LogP contribution in [0.5, 0.6) is 0 Å². The van der Waals surface area contributed by atoms with Crippen LogP contribution in [-0.2, 0) is 10.0 Å². The van der Waals surface area contributed by atoms with Crippen molar-refractivity contribution >= 4 is 59.8 Å². The molecule has 12 heteroatoms. The molecule has 0 amide bonds. The van der Waals surface area contributed by atoms with E-state index in [1.165, 1.54) is 38.5 Å². The number of sulfonamides is 1. The van der Waals surface area contributed by atoms with Gasteiger partial charge in [-0.2, -0.15) is 0 Å². The van der Waals surface area contributed by atoms with Gasteiger partial charge in [-0.15, -0.1) is 0 Å². The van der Waals surface area contributed by atoms with Crippen molar-refractivity contribution in [2.75, 3.05) is 10.5 Å². The van der Waals surface area contributed by atoms with Gasteiger partial charge in [-0.1, -0.05) is 150 Å². The van der Waals surface area contributed by atoms with Crippen LogP contribution < -0.4 is 4.72 Å². The van der Waals surface area contributed by atoms with Crippen LogP contribution in [0.3, 0.4) is 0 Å². The summed E-state index contributed by atoms with van der Waals surface area (Å²) in [5.74, 6) is 1.99. The summed E-state index contributed by atoms with van der Waals surface area (Å²) in [6, 6.07) is 29.2. The largest absolute Gasteiger partial charge is 0.324 e. The smallest absolute Gasteiger partial charge is 0.232 e. The first kappa shape index (κ1) is 35.7. The molecular weight excluding hydrogens is 719 g/mol. The summed E-state index contributed by atoms with van der Waals surface area (Å²) >= 11 is 0. The molecule has 11 nitrogen and oxygen atoms in total. The second kappa shape index (κ2) is 15.3. The summed E-state index contributed by atoms with van der Waals surface area (Å²) < 4.78 is 30.1. The van der Waals surface area contributed by atoms with Gasteiger partial charge in [0.25, 0.3) is 0 Å². The zero-order valence-corrected chi connectivity index (χ0v) is 32.2. The van der Waals surface area contributed by atoms with Crippen LogP contribution in [0.4, 0.5) is 5.69 Å². The van der Waals surface area contributed by atoms with E-state index in [2.05, 4.69) is 21.6 Å². The number of benzene rings is 4. The quantitative estimate of drug-likeness (QED) is 0.0981. The summed E-state index contributed by atoms with van der Waals surface area (Å²) in [6.07, 6.45) is 11.3. The van der Waals surface area contributed by atoms with E-state index < -0.39 is 10.0 Å². The number of aromatic nitrogens is 8. The van der Waals surface area contributed by atoms with Gasteiger partial charge in [0.15, 0.2) is 23.3 Å². The lowest BCUT2D eigenvalue weighted by molar-refractivity contribution is 0.558. The maximum Gasteiger partial charge on any atom is 0.232 e. The van der Waals surface area contributed by atoms with Crippen LogP contribution in [0.15, 0.2) is 91.0 Å². The SMILES string of the molecule is CCCCCCCCCCCCS(=O)(=O)Nc1cccc2c3nc4nc(nc5[nH]c(nc6nc(nc([nH]3)c12)-c1ccccc1-6)c1ccccc51)-c1ccccc1-4. The number of H-pyrrole nitrogens is 2. The van der Waals surface area contributed by atoms with Gasteiger partial charge in [-0.3, -0.25) is 4.72 Å². The predicted octanol–water partition coefficient (Wildman–Crippen LogP) is 10.5. The molecule has 56 heavy (non-hydrogen) atoms. The molecule has 3 N–H and O–H groups in total. The van der Waals surface area contributed by atoms with Gasteiger partial charge in [-0.05, 0) is 12.5 Å². The van der Waals surface area contributed by atoms with Gasteiger partial charge in [0, 0.05) is 38.4 Å². The number of unbranched alkanes of at least 4 members (excludes halogenated alkanes) is 9. The van der Waals surface area contributed by atoms with E-state index in [0.29, 0.717) is 68.8 Å². The van der Waals surface area contributed by atoms with E-state index >= 15 is 0 Å². The molecule has 0 unspecified atom stereocenters. The molecule has 5 heterocycles. The van der Waals surface area contributed by atoms with Crippen molar-refractivity contribution in [3.63, 3.8) is 0 Å². The van der Waals surface area contributed by atoms with Crippen LogP contribution >= 0.6 is 0 Å². The lowest BCUT2D eigenvalue weighted by Crippen LogP contribution is -2.16. The molecule has 4 aromatic carbocycles. The average molecular weight is 762 g/mol. The van der Waals surface area contributed by atoms with Crippen molar-refractivity contribution in [3.8, 4) is 45.6 Å². The Morgan fingerprint density at radius 1 is 0.464 bits per heavy atom. The molecule has 2 aliphatic heterocycles. The number of aromatic amines is 2. The van der Waals surface area contributed by atoms with E-state index in [9.17, 15) is 8.42 Å². The third kappa shape index (κ3) is 7.01. The first-order valence-electron chi connectivity index (χ1n) is 19.7. The van der Waals surface area contributed by atoms with Crippen molar-refractivity contribution < 1.29 is 8.42 Å². The molecule has 0 saturated heterocycles. The molecule has 3 aromatic heterocycles. The number of anilines is 1. The molecule has 9 rings (SSSR count). The Balaban J connectivity index is 1.17. The van der Waals surface area contributed by atoms with E-state index in [-0.39, 0.29) is 5.75 Å². The average Bonchev–Trinajstić information content (AvgIpc) is 3.94. The summed E-state index contributed by atoms with van der Waals surface area (Å²) in [6.45, 7) is 2.23. The molecule has 0 spiro atoms. The van der Waals surface area contributed by atoms with Crippen molar-refractivity contribution in [2.45, 2.75) is 71.1 Å². The van der Waals surface area contributed by atoms with Gasteiger partial charge in [-0.25, -0.2) is 38.3 Å². The van der Waals surface area contributed by atoms with E-state index in [0.717, 1.165) is 52.3 Å². The van der Waals surface area contributed by atoms with Crippen LogP contribution in [0, 0.1) is 0 Å². The van der Waals surface area contributed by atoms with Gasteiger partial charge in [0.1, 0.15) is 22.6 Å². The zero-order chi connectivity index (χ0) is 38.1. The fourth-order valence-electron chi connectivity index (χ4n) is 7.77. The van der Waals surface area contributed by atoms with Crippen molar-refractivity contribution in [3.05, 3.63) is 91.0 Å². The van der Waals surface area contributed by atoms with Gasteiger partial charge < -0.3 is 9.97 Å². The summed E-state index contributed by atoms with van der Waals surface area (Å²) in [5.41, 5.74) is 5.91. The number of nitrogens with one attached hydrogen (secondary N) is 3. The van der Waals surface area contributed by atoms with E-state index in [1.807, 2.05) is 84.9 Å². The van der Waals surface area contributed by atoms with Crippen molar-refractivity contribution in [1.82, 2.24) is 39.9 Å². The van der Waals surface area contributed by atoms with Gasteiger partial charge in [0.2, 0.25) is 10.0 Å². The van der Waals surface area contributed by atoms with Crippen LogP contribution in [0.25, 0.3) is 89.7 Å². The number of hydrogen-bond donors (Lipinski definition) is 3. The normalized spacial score (nSPS) is 12.2. The van der Waals surface area contributed by atoms with Crippen LogP contribution in [-0.4, -0.2) is 54.0 Å². The number of fused-ring (bicyclic) bond motifs is 20. The highest BCUT2D eigenvalue weighted by molar-refractivity contribution is 7.92. The molecule has 0 atom stereocenters. The van der Waals surface area contributed by atoms with Crippen molar-refractivity contribution in [2.24, 2.45) is 0 Å². The molecule has 0 saturated carbocycles. The highest BCUT2D eigenvalue weighted by Gasteiger charge is 2.23. The first-order chi connectivity index (χ1) is 27.5. The monoisotopic (exact) mass is 761 g/mol. The maximum absolute atomic E-state index is 13.6. The molecular formula is C44H43N9O2S. The molecule has 282 valence electrons. The number of nitrogens with zero attached hydrogens (tertiary/aromatic N) is 6. The summed E-state index contributed by atoms with van der Waals surface area (Å²) in [4.78, 5) is 37.1. The maximum atomic E-state index is 13.6. The minimum atomic E-state index is -3.67. The van der Waals surface area contributed by atoms with E-state index in [1.54, 1.807) is 6.07 Å². The molecule has 0 fully saturated rings. The van der Waals surface area contributed by atoms with Gasteiger partial charge in [0.05, 0.1) is 16.8 Å². The van der Waals surface area contributed by atoms with Crippen LogP contribution in [0.1, 0.15) is 71.1 Å². The molecule has 8 bridgehead atoms. The lowest BCUT2D eigenvalue weighted by Gasteiger charge is -2.09. The third-order valence-electron chi connectivity index (χ3n) is 10.6. The van der Waals surface area contributed by atoms with Crippen molar-refractivity contribution in [1.29, 1.82) is 0 Å². The molecule has 7 aromatic rings. The van der Waals surface area contributed by atoms with Gasteiger partial charge >= 0.3 is 0 Å². The Hall–Kier alpha value is -6.01. The fraction of sp³-hybridized carbons (Fsp3) is 0.273. The summed E-state index contributed by atoms with van der Waals surface area (Å²) in [7, 11) is -3.67. The van der Waals surface area contributed by atoms with E-state index in [4.69, 9.17) is 29.9 Å². The third-order valence-corrected chi connectivity index (χ3v) is 12.0. The highest BCUT2D eigenvalue weighted by Crippen LogP contribution is 2.38. The second-order valence-corrected chi connectivity index (χ2v) is 16.4. The minimum Gasteiger partial charge on any atom is -0.324 e. The Kier molecular flexibility index (Phi) is 9.72. The molecule has 2 aliphatic rings.